The summed E-state index contributed by atoms with van der Waals surface area (Å²) in [6, 6.07) is 18.5. The minimum atomic E-state index is -0.00555. The largest absolute Gasteiger partial charge is 0.365 e. The van der Waals surface area contributed by atoms with E-state index in [0.717, 1.165) is 21.8 Å². The highest BCUT2D eigenvalue weighted by Gasteiger charge is 2.39. The fraction of sp³-hybridized carbons (Fsp3) is 0.429. The molecule has 2 bridgehead atoms. The molecule has 4 rings (SSSR count). The number of nitrogens with zero attached hydrogens (tertiary/aromatic N) is 1. The van der Waals surface area contributed by atoms with Gasteiger partial charge in [-0.2, -0.15) is 0 Å². The minimum absolute atomic E-state index is 0.00555. The first-order chi connectivity index (χ1) is 12.1. The Kier molecular flexibility index (Phi) is 5.33. The van der Waals surface area contributed by atoms with Crippen molar-refractivity contribution < 1.29 is 4.74 Å². The molecule has 0 spiro atoms. The number of ether oxygens (including phenoxy) is 1. The summed E-state index contributed by atoms with van der Waals surface area (Å²) in [5, 5.41) is 0. The summed E-state index contributed by atoms with van der Waals surface area (Å²) in [6.45, 7) is 0. The molecule has 0 saturated carbocycles. The van der Waals surface area contributed by atoms with Crippen molar-refractivity contribution in [2.24, 2.45) is 0 Å². The number of hydrogen-bond acceptors (Lipinski definition) is 2. The quantitative estimate of drug-likeness (QED) is 0.554. The predicted octanol–water partition coefficient (Wildman–Crippen LogP) is 5.94. The smallest absolute Gasteiger partial charge is 0.108 e. The molecule has 2 saturated heterocycles. The molecule has 2 fully saturated rings. The fourth-order valence-corrected chi connectivity index (χ4v) is 4.82. The second-order valence-corrected chi connectivity index (χ2v) is 9.09. The van der Waals surface area contributed by atoms with Crippen LogP contribution in [0.3, 0.4) is 0 Å². The first-order valence-electron chi connectivity index (χ1n) is 8.98. The lowest BCUT2D eigenvalue weighted by atomic mass is 9.97. The molecule has 2 aromatic rings. The summed E-state index contributed by atoms with van der Waals surface area (Å²) in [5.74, 6) is 0. The van der Waals surface area contributed by atoms with Gasteiger partial charge in [-0.15, -0.1) is 0 Å². The Morgan fingerprint density at radius 2 is 1.28 bits per heavy atom. The molecule has 0 N–H and O–H groups in total. The van der Waals surface area contributed by atoms with Crippen LogP contribution in [-0.2, 0) is 4.74 Å². The van der Waals surface area contributed by atoms with Crippen LogP contribution in [0.15, 0.2) is 57.5 Å². The molecule has 2 aromatic carbocycles. The zero-order chi connectivity index (χ0) is 17.4. The average molecular weight is 465 g/mol. The van der Waals surface area contributed by atoms with Gasteiger partial charge in [-0.05, 0) is 68.1 Å². The lowest BCUT2D eigenvalue weighted by Gasteiger charge is -2.38. The molecule has 2 heterocycles. The third-order valence-corrected chi connectivity index (χ3v) is 6.79. The molecule has 25 heavy (non-hydrogen) atoms. The Labute approximate surface area is 166 Å². The van der Waals surface area contributed by atoms with Gasteiger partial charge in [0.15, 0.2) is 0 Å². The molecule has 2 nitrogen and oxygen atoms in total. The van der Waals surface area contributed by atoms with Gasteiger partial charge in [0.1, 0.15) is 6.10 Å². The van der Waals surface area contributed by atoms with Gasteiger partial charge in [-0.3, -0.25) is 0 Å². The van der Waals surface area contributed by atoms with Crippen LogP contribution in [0.2, 0.25) is 0 Å². The highest BCUT2D eigenvalue weighted by Crippen LogP contribution is 2.39. The number of piperidine rings is 1. The molecule has 0 aliphatic carbocycles. The Hall–Kier alpha value is -0.680. The molecule has 0 aromatic heterocycles. The second-order valence-electron chi connectivity index (χ2n) is 7.26. The van der Waals surface area contributed by atoms with Gasteiger partial charge in [0, 0.05) is 21.0 Å². The van der Waals surface area contributed by atoms with Gasteiger partial charge in [-0.1, -0.05) is 56.1 Å². The number of fused-ring (bicyclic) bond motifs is 2. The van der Waals surface area contributed by atoms with Crippen molar-refractivity contribution in [3.05, 3.63) is 68.6 Å². The third kappa shape index (κ3) is 3.87. The van der Waals surface area contributed by atoms with Crippen molar-refractivity contribution in [2.75, 3.05) is 7.05 Å². The van der Waals surface area contributed by atoms with Crippen LogP contribution in [0, 0.1) is 0 Å². The summed E-state index contributed by atoms with van der Waals surface area (Å²) < 4.78 is 8.92. The lowest BCUT2D eigenvalue weighted by Crippen LogP contribution is -2.43. The average Bonchev–Trinajstić information content (AvgIpc) is 2.83. The van der Waals surface area contributed by atoms with Crippen molar-refractivity contribution in [3.8, 4) is 0 Å². The van der Waals surface area contributed by atoms with Crippen LogP contribution in [0.5, 0.6) is 0 Å². The lowest BCUT2D eigenvalue weighted by molar-refractivity contribution is -0.0426. The van der Waals surface area contributed by atoms with Gasteiger partial charge >= 0.3 is 0 Å². The van der Waals surface area contributed by atoms with E-state index in [4.69, 9.17) is 4.74 Å². The summed E-state index contributed by atoms with van der Waals surface area (Å²) in [7, 11) is 2.28. The van der Waals surface area contributed by atoms with Crippen molar-refractivity contribution in [1.82, 2.24) is 4.90 Å². The molecule has 2 unspecified atom stereocenters. The minimum Gasteiger partial charge on any atom is -0.365 e. The van der Waals surface area contributed by atoms with E-state index in [1.807, 2.05) is 0 Å². The highest BCUT2D eigenvalue weighted by atomic mass is 79.9. The van der Waals surface area contributed by atoms with Gasteiger partial charge in [-0.25, -0.2) is 0 Å². The summed E-state index contributed by atoms with van der Waals surface area (Å²) in [6.07, 6.45) is 5.28. The maximum Gasteiger partial charge on any atom is 0.108 e. The molecule has 0 amide bonds. The molecular formula is C21H23Br2NO. The Balaban J connectivity index is 1.59. The van der Waals surface area contributed by atoms with E-state index in [1.54, 1.807) is 0 Å². The molecular weight excluding hydrogens is 442 g/mol. The predicted molar refractivity (Wildman–Crippen MR) is 109 cm³/mol. The molecule has 2 aliphatic heterocycles. The molecule has 0 radical (unpaired) electrons. The number of hydrogen-bond donors (Lipinski definition) is 0. The monoisotopic (exact) mass is 463 g/mol. The Morgan fingerprint density at radius 1 is 0.840 bits per heavy atom. The Morgan fingerprint density at radius 3 is 1.72 bits per heavy atom. The standard InChI is InChI=1S/C21H23Br2NO/c1-24-18-10-11-19(24)13-20(12-18)25-21(14-2-6-16(22)7-3-14)15-4-8-17(23)9-5-15/h2-9,18-21H,10-13H2,1H3/t18-,19?,20?/m1/s1. The number of benzene rings is 2. The molecule has 3 atom stereocenters. The zero-order valence-corrected chi connectivity index (χ0v) is 17.5. The number of halogens is 2. The van der Waals surface area contributed by atoms with Crippen molar-refractivity contribution in [1.29, 1.82) is 0 Å². The fourth-order valence-electron chi connectivity index (χ4n) is 4.29. The Bertz CT molecular complexity index is 656. The van der Waals surface area contributed by atoms with Crippen LogP contribution in [0.4, 0.5) is 0 Å². The van der Waals surface area contributed by atoms with E-state index >= 15 is 0 Å². The first kappa shape index (κ1) is 17.7. The van der Waals surface area contributed by atoms with Crippen molar-refractivity contribution in [2.45, 2.75) is 50.0 Å². The van der Waals surface area contributed by atoms with Gasteiger partial charge < -0.3 is 9.64 Å². The normalized spacial score (nSPS) is 26.3. The van der Waals surface area contributed by atoms with Crippen molar-refractivity contribution >= 4 is 31.9 Å². The zero-order valence-electron chi connectivity index (χ0n) is 14.4. The first-order valence-corrected chi connectivity index (χ1v) is 10.6. The van der Waals surface area contributed by atoms with E-state index in [2.05, 4.69) is 92.3 Å². The molecule has 4 heteroatoms. The van der Waals surface area contributed by atoms with Crippen LogP contribution in [0.25, 0.3) is 0 Å². The second kappa shape index (κ2) is 7.51. The summed E-state index contributed by atoms with van der Waals surface area (Å²) in [5.41, 5.74) is 2.44. The summed E-state index contributed by atoms with van der Waals surface area (Å²) >= 11 is 7.07. The maximum atomic E-state index is 6.72. The van der Waals surface area contributed by atoms with Crippen LogP contribution < -0.4 is 0 Å². The van der Waals surface area contributed by atoms with Crippen molar-refractivity contribution in [3.63, 3.8) is 0 Å². The SMILES string of the molecule is CN1C2CC[C@@H]1CC(OC(c1ccc(Br)cc1)c1ccc(Br)cc1)C2. The van der Waals surface area contributed by atoms with E-state index in [9.17, 15) is 0 Å². The van der Waals surface area contributed by atoms with E-state index < -0.39 is 0 Å². The maximum absolute atomic E-state index is 6.72. The van der Waals surface area contributed by atoms with Crippen LogP contribution in [0.1, 0.15) is 42.9 Å². The highest BCUT2D eigenvalue weighted by molar-refractivity contribution is 9.10. The van der Waals surface area contributed by atoms with Crippen LogP contribution in [-0.4, -0.2) is 30.1 Å². The topological polar surface area (TPSA) is 12.5 Å². The van der Waals surface area contributed by atoms with E-state index in [-0.39, 0.29) is 6.10 Å². The van der Waals surface area contributed by atoms with E-state index in [0.29, 0.717) is 18.2 Å². The van der Waals surface area contributed by atoms with Crippen LogP contribution >= 0.6 is 31.9 Å². The molecule has 2 aliphatic rings. The van der Waals surface area contributed by atoms with E-state index in [1.165, 1.54) is 24.0 Å². The molecule has 132 valence electrons. The summed E-state index contributed by atoms with van der Waals surface area (Å²) in [4.78, 5) is 2.56. The third-order valence-electron chi connectivity index (χ3n) is 5.73. The van der Waals surface area contributed by atoms with Gasteiger partial charge in [0.05, 0.1) is 6.10 Å². The van der Waals surface area contributed by atoms with Gasteiger partial charge in [0.25, 0.3) is 0 Å². The number of rotatable bonds is 4. The van der Waals surface area contributed by atoms with Gasteiger partial charge in [0.2, 0.25) is 0 Å².